The molecule has 1 aliphatic heterocycles. The monoisotopic (exact) mass is 369 g/mol. The van der Waals surface area contributed by atoms with Gasteiger partial charge in [-0.25, -0.2) is 0 Å². The molecule has 0 fully saturated rings. The second-order valence-electron chi connectivity index (χ2n) is 6.78. The topological polar surface area (TPSA) is 57.4 Å². The van der Waals surface area contributed by atoms with Gasteiger partial charge in [0.15, 0.2) is 0 Å². The number of thiophene rings is 1. The minimum absolute atomic E-state index is 0.0692. The highest BCUT2D eigenvalue weighted by molar-refractivity contribution is 7.10. The molecule has 3 aromatic rings. The van der Waals surface area contributed by atoms with Crippen molar-refractivity contribution in [3.63, 3.8) is 0 Å². The Kier molecular flexibility index (Phi) is 4.70. The van der Waals surface area contributed by atoms with E-state index in [1.54, 1.807) is 7.11 Å². The van der Waals surface area contributed by atoms with Gasteiger partial charge in [-0.3, -0.25) is 9.69 Å². The number of methoxy groups -OCH3 is 1. The Morgan fingerprint density at radius 1 is 1.38 bits per heavy atom. The molecule has 0 bridgehead atoms. The Labute approximate surface area is 157 Å². The van der Waals surface area contributed by atoms with E-state index >= 15 is 0 Å². The highest BCUT2D eigenvalue weighted by atomic mass is 32.1. The minimum atomic E-state index is -0.0692. The highest BCUT2D eigenvalue weighted by Gasteiger charge is 2.22. The first-order valence-corrected chi connectivity index (χ1v) is 9.76. The second kappa shape index (κ2) is 7.13. The normalized spacial score (nSPS) is 15.6. The smallest absolute Gasteiger partial charge is 0.267 e. The molecule has 3 heterocycles. The van der Waals surface area contributed by atoms with Gasteiger partial charge in [-0.05, 0) is 48.6 Å². The molecule has 4 rings (SSSR count). The number of carbonyl (C=O) groups is 1. The van der Waals surface area contributed by atoms with E-state index in [1.165, 1.54) is 10.4 Å². The van der Waals surface area contributed by atoms with E-state index in [9.17, 15) is 4.79 Å². The van der Waals surface area contributed by atoms with Gasteiger partial charge in [0.2, 0.25) is 0 Å². The lowest BCUT2D eigenvalue weighted by Gasteiger charge is -2.32. The third kappa shape index (κ3) is 3.34. The van der Waals surface area contributed by atoms with Crippen LogP contribution in [0.15, 0.2) is 35.7 Å². The van der Waals surface area contributed by atoms with Crippen LogP contribution in [0, 0.1) is 0 Å². The summed E-state index contributed by atoms with van der Waals surface area (Å²) in [6.45, 7) is 4.84. The number of nitrogens with one attached hydrogen (secondary N) is 2. The van der Waals surface area contributed by atoms with Gasteiger partial charge in [0.05, 0.1) is 7.11 Å². The Morgan fingerprint density at radius 3 is 3.12 bits per heavy atom. The lowest BCUT2D eigenvalue weighted by molar-refractivity contribution is 0.0928. The molecule has 5 nitrogen and oxygen atoms in total. The van der Waals surface area contributed by atoms with Crippen molar-refractivity contribution in [2.45, 2.75) is 25.9 Å². The number of aromatic amines is 1. The van der Waals surface area contributed by atoms with E-state index in [2.05, 4.69) is 33.6 Å². The Balaban J connectivity index is 1.37. The number of ether oxygens (including phenoxy) is 1. The summed E-state index contributed by atoms with van der Waals surface area (Å²) in [6, 6.07) is 10.2. The fraction of sp³-hybridized carbons (Fsp3) is 0.350. The van der Waals surface area contributed by atoms with Crippen LogP contribution in [0.2, 0.25) is 0 Å². The van der Waals surface area contributed by atoms with E-state index < -0.39 is 0 Å². The summed E-state index contributed by atoms with van der Waals surface area (Å²) in [5, 5.41) is 6.24. The molecule has 136 valence electrons. The van der Waals surface area contributed by atoms with Crippen molar-refractivity contribution in [3.05, 3.63) is 51.8 Å². The van der Waals surface area contributed by atoms with Crippen LogP contribution in [0.25, 0.3) is 10.9 Å². The SMILES string of the molecule is COc1ccc2cc(C(=O)NCC(C)N3CCc4sccc4C3)[nH]c2c1. The molecule has 2 N–H and O–H groups in total. The van der Waals surface area contributed by atoms with Gasteiger partial charge in [-0.2, -0.15) is 0 Å². The van der Waals surface area contributed by atoms with Gasteiger partial charge in [-0.1, -0.05) is 0 Å². The second-order valence-corrected chi connectivity index (χ2v) is 7.79. The predicted octanol–water partition coefficient (Wildman–Crippen LogP) is 3.41. The molecule has 26 heavy (non-hydrogen) atoms. The average molecular weight is 369 g/mol. The Morgan fingerprint density at radius 2 is 2.27 bits per heavy atom. The zero-order valence-corrected chi connectivity index (χ0v) is 15.9. The number of carbonyl (C=O) groups excluding carboxylic acids is 1. The van der Waals surface area contributed by atoms with Crippen molar-refractivity contribution in [2.75, 3.05) is 20.2 Å². The summed E-state index contributed by atoms with van der Waals surface area (Å²) in [5.74, 6) is 0.707. The number of aromatic nitrogens is 1. The van der Waals surface area contributed by atoms with Gasteiger partial charge < -0.3 is 15.0 Å². The molecule has 0 aliphatic carbocycles. The molecule has 1 aliphatic rings. The third-order valence-corrected chi connectivity index (χ3v) is 6.12. The molecule has 1 amide bonds. The molecular weight excluding hydrogens is 346 g/mol. The third-order valence-electron chi connectivity index (χ3n) is 5.09. The Hall–Kier alpha value is -2.31. The van der Waals surface area contributed by atoms with Gasteiger partial charge in [0, 0.05) is 47.5 Å². The average Bonchev–Trinajstić information content (AvgIpc) is 3.30. The van der Waals surface area contributed by atoms with Gasteiger partial charge in [0.1, 0.15) is 11.4 Å². The molecule has 1 atom stereocenters. The van der Waals surface area contributed by atoms with Crippen LogP contribution >= 0.6 is 11.3 Å². The van der Waals surface area contributed by atoms with Gasteiger partial charge in [-0.15, -0.1) is 11.3 Å². The van der Waals surface area contributed by atoms with Crippen LogP contribution in [0.5, 0.6) is 5.75 Å². The zero-order chi connectivity index (χ0) is 18.1. The van der Waals surface area contributed by atoms with E-state index in [4.69, 9.17) is 4.74 Å². The molecule has 0 radical (unpaired) electrons. The van der Waals surface area contributed by atoms with Crippen molar-refractivity contribution in [2.24, 2.45) is 0 Å². The van der Waals surface area contributed by atoms with E-state index in [0.717, 1.165) is 36.2 Å². The summed E-state index contributed by atoms with van der Waals surface area (Å²) in [5.41, 5.74) is 2.92. The fourth-order valence-corrected chi connectivity index (χ4v) is 4.36. The van der Waals surface area contributed by atoms with Crippen molar-refractivity contribution in [3.8, 4) is 5.75 Å². The first-order valence-electron chi connectivity index (χ1n) is 8.88. The molecule has 0 spiro atoms. The summed E-state index contributed by atoms with van der Waals surface area (Å²) < 4.78 is 5.23. The maximum Gasteiger partial charge on any atom is 0.267 e. The molecule has 6 heteroatoms. The largest absolute Gasteiger partial charge is 0.497 e. The lowest BCUT2D eigenvalue weighted by Crippen LogP contribution is -2.44. The van der Waals surface area contributed by atoms with Crippen molar-refractivity contribution >= 4 is 28.1 Å². The number of amides is 1. The number of benzene rings is 1. The van der Waals surface area contributed by atoms with Crippen molar-refractivity contribution in [1.82, 2.24) is 15.2 Å². The van der Waals surface area contributed by atoms with Crippen LogP contribution in [0.4, 0.5) is 0 Å². The first-order chi connectivity index (χ1) is 12.6. The predicted molar refractivity (Wildman–Crippen MR) is 105 cm³/mol. The molecule has 0 saturated heterocycles. The molecule has 1 aromatic carbocycles. The molecular formula is C20H23N3O2S. The van der Waals surface area contributed by atoms with Crippen molar-refractivity contribution < 1.29 is 9.53 Å². The van der Waals surface area contributed by atoms with Crippen LogP contribution in [-0.2, 0) is 13.0 Å². The van der Waals surface area contributed by atoms with E-state index in [0.29, 0.717) is 18.3 Å². The maximum absolute atomic E-state index is 12.5. The van der Waals surface area contributed by atoms with Crippen LogP contribution in [-0.4, -0.2) is 42.0 Å². The van der Waals surface area contributed by atoms with Gasteiger partial charge >= 0.3 is 0 Å². The number of hydrogen-bond donors (Lipinski definition) is 2. The number of rotatable bonds is 5. The minimum Gasteiger partial charge on any atom is -0.497 e. The summed E-state index contributed by atoms with van der Waals surface area (Å²) in [7, 11) is 1.64. The molecule has 2 aromatic heterocycles. The molecule has 1 unspecified atom stereocenters. The van der Waals surface area contributed by atoms with Crippen molar-refractivity contribution in [1.29, 1.82) is 0 Å². The summed E-state index contributed by atoms with van der Waals surface area (Å²) >= 11 is 1.85. The number of fused-ring (bicyclic) bond motifs is 2. The Bertz CT molecular complexity index is 930. The first kappa shape index (κ1) is 17.1. The van der Waals surface area contributed by atoms with Gasteiger partial charge in [0.25, 0.3) is 5.91 Å². The maximum atomic E-state index is 12.5. The standard InChI is InChI=1S/C20H23N3O2S/c1-13(23-7-5-19-15(12-23)6-8-26-19)11-21-20(24)18-9-14-3-4-16(25-2)10-17(14)22-18/h3-4,6,8-10,13,22H,5,7,11-12H2,1-2H3,(H,21,24). The van der Waals surface area contributed by atoms with E-state index in [1.807, 2.05) is 35.6 Å². The lowest BCUT2D eigenvalue weighted by atomic mass is 10.1. The van der Waals surface area contributed by atoms with Crippen LogP contribution in [0.3, 0.4) is 0 Å². The number of hydrogen-bond acceptors (Lipinski definition) is 4. The molecule has 0 saturated carbocycles. The summed E-state index contributed by atoms with van der Waals surface area (Å²) in [6.07, 6.45) is 1.11. The number of H-pyrrole nitrogens is 1. The fourth-order valence-electron chi connectivity index (χ4n) is 3.47. The zero-order valence-electron chi connectivity index (χ0n) is 15.0. The highest BCUT2D eigenvalue weighted by Crippen LogP contribution is 2.25. The van der Waals surface area contributed by atoms with E-state index in [-0.39, 0.29) is 5.91 Å². The quantitative estimate of drug-likeness (QED) is 0.725. The summed E-state index contributed by atoms with van der Waals surface area (Å²) in [4.78, 5) is 19.6. The number of nitrogens with zero attached hydrogens (tertiary/aromatic N) is 1. The van der Waals surface area contributed by atoms with Crippen LogP contribution < -0.4 is 10.1 Å². The van der Waals surface area contributed by atoms with Crippen LogP contribution in [0.1, 0.15) is 27.9 Å².